The SMILES string of the molecule is C[C@H]1CCCN(C(=O)c2ccco2)C1. The number of likely N-dealkylation sites (tertiary alicyclic amines) is 1. The van der Waals surface area contributed by atoms with Gasteiger partial charge in [0.1, 0.15) is 0 Å². The molecule has 2 heterocycles. The molecule has 1 aliphatic rings. The molecule has 0 aromatic carbocycles. The largest absolute Gasteiger partial charge is 0.459 e. The molecule has 0 radical (unpaired) electrons. The second-order valence-electron chi connectivity index (χ2n) is 3.98. The van der Waals surface area contributed by atoms with Gasteiger partial charge in [0.15, 0.2) is 5.76 Å². The maximum Gasteiger partial charge on any atom is 0.289 e. The Morgan fingerprint density at radius 3 is 3.14 bits per heavy atom. The maximum absolute atomic E-state index is 11.8. The molecule has 0 N–H and O–H groups in total. The standard InChI is InChI=1S/C11H15NO2/c1-9-4-2-6-12(8-9)11(13)10-5-3-7-14-10/h3,5,7,9H,2,4,6,8H2,1H3/t9-/m0/s1. The van der Waals surface area contributed by atoms with E-state index in [2.05, 4.69) is 6.92 Å². The van der Waals surface area contributed by atoms with Gasteiger partial charge >= 0.3 is 0 Å². The Kier molecular flexibility index (Phi) is 2.57. The van der Waals surface area contributed by atoms with Gasteiger partial charge in [0.2, 0.25) is 0 Å². The summed E-state index contributed by atoms with van der Waals surface area (Å²) in [5.41, 5.74) is 0. The number of carbonyl (C=O) groups excluding carboxylic acids is 1. The van der Waals surface area contributed by atoms with Crippen molar-refractivity contribution in [3.63, 3.8) is 0 Å². The van der Waals surface area contributed by atoms with E-state index in [-0.39, 0.29) is 5.91 Å². The van der Waals surface area contributed by atoms with Crippen LogP contribution in [0.4, 0.5) is 0 Å². The van der Waals surface area contributed by atoms with Crippen molar-refractivity contribution >= 4 is 5.91 Å². The summed E-state index contributed by atoms with van der Waals surface area (Å²) in [4.78, 5) is 13.7. The summed E-state index contributed by atoms with van der Waals surface area (Å²) < 4.78 is 5.09. The van der Waals surface area contributed by atoms with E-state index in [0.717, 1.165) is 19.5 Å². The van der Waals surface area contributed by atoms with Gasteiger partial charge in [-0.25, -0.2) is 0 Å². The average Bonchev–Trinajstić information content (AvgIpc) is 2.69. The molecule has 1 saturated heterocycles. The van der Waals surface area contributed by atoms with E-state index >= 15 is 0 Å². The maximum atomic E-state index is 11.8. The first-order chi connectivity index (χ1) is 6.77. The Labute approximate surface area is 83.7 Å². The number of hydrogen-bond acceptors (Lipinski definition) is 2. The fraction of sp³-hybridized carbons (Fsp3) is 0.545. The van der Waals surface area contributed by atoms with Crippen molar-refractivity contribution in [2.45, 2.75) is 19.8 Å². The third-order valence-corrected chi connectivity index (χ3v) is 2.68. The van der Waals surface area contributed by atoms with E-state index in [0.29, 0.717) is 11.7 Å². The van der Waals surface area contributed by atoms with E-state index in [1.165, 1.54) is 6.42 Å². The third-order valence-electron chi connectivity index (χ3n) is 2.68. The highest BCUT2D eigenvalue weighted by atomic mass is 16.3. The molecule has 1 aromatic rings. The lowest BCUT2D eigenvalue weighted by atomic mass is 10.0. The Bertz CT molecular complexity index is 305. The lowest BCUT2D eigenvalue weighted by Gasteiger charge is -2.30. The normalized spacial score (nSPS) is 22.4. The molecule has 1 fully saturated rings. The molecule has 2 rings (SSSR count). The van der Waals surface area contributed by atoms with Crippen LogP contribution in [0.2, 0.25) is 0 Å². The first kappa shape index (κ1) is 9.31. The molecule has 3 heteroatoms. The van der Waals surface area contributed by atoms with Crippen molar-refractivity contribution in [1.29, 1.82) is 0 Å². The highest BCUT2D eigenvalue weighted by Gasteiger charge is 2.23. The molecular formula is C11H15NO2. The summed E-state index contributed by atoms with van der Waals surface area (Å²) in [6.45, 7) is 3.91. The van der Waals surface area contributed by atoms with E-state index in [1.54, 1.807) is 18.4 Å². The number of carbonyl (C=O) groups is 1. The Morgan fingerprint density at radius 2 is 2.50 bits per heavy atom. The predicted octanol–water partition coefficient (Wildman–Crippen LogP) is 2.15. The monoisotopic (exact) mass is 193 g/mol. The van der Waals surface area contributed by atoms with Crippen LogP contribution >= 0.6 is 0 Å². The van der Waals surface area contributed by atoms with Crippen LogP contribution < -0.4 is 0 Å². The van der Waals surface area contributed by atoms with Crippen LogP contribution in [-0.2, 0) is 0 Å². The molecule has 0 unspecified atom stereocenters. The van der Waals surface area contributed by atoms with Gasteiger partial charge in [-0.2, -0.15) is 0 Å². The average molecular weight is 193 g/mol. The van der Waals surface area contributed by atoms with Crippen molar-refractivity contribution in [3.05, 3.63) is 24.2 Å². The first-order valence-electron chi connectivity index (χ1n) is 5.10. The molecule has 1 aliphatic heterocycles. The lowest BCUT2D eigenvalue weighted by molar-refractivity contribution is 0.0651. The summed E-state index contributed by atoms with van der Waals surface area (Å²) in [6, 6.07) is 3.47. The molecule has 1 atom stereocenters. The van der Waals surface area contributed by atoms with Crippen LogP contribution in [0.15, 0.2) is 22.8 Å². The van der Waals surface area contributed by atoms with E-state index in [9.17, 15) is 4.79 Å². The van der Waals surface area contributed by atoms with E-state index < -0.39 is 0 Å². The number of piperidine rings is 1. The minimum atomic E-state index is 0.0292. The molecular weight excluding hydrogens is 178 g/mol. The molecule has 76 valence electrons. The van der Waals surface area contributed by atoms with Gasteiger partial charge in [-0.05, 0) is 30.9 Å². The Morgan fingerprint density at radius 1 is 1.64 bits per heavy atom. The number of nitrogens with zero attached hydrogens (tertiary/aromatic N) is 1. The van der Waals surface area contributed by atoms with Crippen LogP contribution in [-0.4, -0.2) is 23.9 Å². The Balaban J connectivity index is 2.04. The topological polar surface area (TPSA) is 33.5 Å². The van der Waals surface area contributed by atoms with Crippen molar-refractivity contribution in [3.8, 4) is 0 Å². The fourth-order valence-electron chi connectivity index (χ4n) is 1.93. The van der Waals surface area contributed by atoms with Gasteiger partial charge in [-0.3, -0.25) is 4.79 Å². The number of rotatable bonds is 1. The summed E-state index contributed by atoms with van der Waals surface area (Å²) in [6.07, 6.45) is 3.87. The molecule has 0 saturated carbocycles. The highest BCUT2D eigenvalue weighted by Crippen LogP contribution is 2.17. The Hall–Kier alpha value is -1.25. The molecule has 0 bridgehead atoms. The number of amides is 1. The van der Waals surface area contributed by atoms with Gasteiger partial charge in [0.25, 0.3) is 5.91 Å². The lowest BCUT2D eigenvalue weighted by Crippen LogP contribution is -2.38. The number of furan rings is 1. The van der Waals surface area contributed by atoms with Gasteiger partial charge < -0.3 is 9.32 Å². The van der Waals surface area contributed by atoms with Crippen LogP contribution in [0.25, 0.3) is 0 Å². The molecule has 0 aliphatic carbocycles. The summed E-state index contributed by atoms with van der Waals surface area (Å²) in [5, 5.41) is 0. The summed E-state index contributed by atoms with van der Waals surface area (Å²) in [5.74, 6) is 1.10. The molecule has 1 aromatic heterocycles. The first-order valence-corrected chi connectivity index (χ1v) is 5.10. The van der Waals surface area contributed by atoms with E-state index in [4.69, 9.17) is 4.42 Å². The van der Waals surface area contributed by atoms with Crippen molar-refractivity contribution in [1.82, 2.24) is 4.90 Å². The van der Waals surface area contributed by atoms with E-state index in [1.807, 2.05) is 4.90 Å². The zero-order valence-electron chi connectivity index (χ0n) is 8.40. The van der Waals surface area contributed by atoms with Gasteiger partial charge in [0, 0.05) is 13.1 Å². The minimum absolute atomic E-state index is 0.0292. The summed E-state index contributed by atoms with van der Waals surface area (Å²) in [7, 11) is 0. The van der Waals surface area contributed by atoms with Gasteiger partial charge in [0.05, 0.1) is 6.26 Å². The number of hydrogen-bond donors (Lipinski definition) is 0. The highest BCUT2D eigenvalue weighted by molar-refractivity contribution is 5.91. The smallest absolute Gasteiger partial charge is 0.289 e. The fourth-order valence-corrected chi connectivity index (χ4v) is 1.93. The zero-order chi connectivity index (χ0) is 9.97. The van der Waals surface area contributed by atoms with Crippen LogP contribution in [0.5, 0.6) is 0 Å². The van der Waals surface area contributed by atoms with Crippen molar-refractivity contribution in [2.24, 2.45) is 5.92 Å². The molecule has 1 amide bonds. The molecule has 14 heavy (non-hydrogen) atoms. The van der Waals surface area contributed by atoms with Crippen LogP contribution in [0.3, 0.4) is 0 Å². The van der Waals surface area contributed by atoms with Crippen LogP contribution in [0, 0.1) is 5.92 Å². The van der Waals surface area contributed by atoms with Crippen molar-refractivity contribution < 1.29 is 9.21 Å². The second-order valence-corrected chi connectivity index (χ2v) is 3.98. The van der Waals surface area contributed by atoms with Crippen LogP contribution in [0.1, 0.15) is 30.3 Å². The third kappa shape index (κ3) is 1.81. The van der Waals surface area contributed by atoms with Gasteiger partial charge in [-0.1, -0.05) is 6.92 Å². The molecule has 0 spiro atoms. The van der Waals surface area contributed by atoms with Crippen molar-refractivity contribution in [2.75, 3.05) is 13.1 Å². The second kappa shape index (κ2) is 3.86. The summed E-state index contributed by atoms with van der Waals surface area (Å²) >= 11 is 0. The van der Waals surface area contributed by atoms with Gasteiger partial charge in [-0.15, -0.1) is 0 Å². The minimum Gasteiger partial charge on any atom is -0.459 e. The molecule has 3 nitrogen and oxygen atoms in total. The zero-order valence-corrected chi connectivity index (χ0v) is 8.40. The predicted molar refractivity (Wildman–Crippen MR) is 53.0 cm³/mol. The quantitative estimate of drug-likeness (QED) is 0.684.